The number of rotatable bonds is 5. The van der Waals surface area contributed by atoms with Gasteiger partial charge >= 0.3 is 5.97 Å². The molecule has 0 N–H and O–H groups in total. The summed E-state index contributed by atoms with van der Waals surface area (Å²) in [6.45, 7) is 4.04. The summed E-state index contributed by atoms with van der Waals surface area (Å²) < 4.78 is 10.7. The molecule has 0 aliphatic carbocycles. The monoisotopic (exact) mass is 322 g/mol. The molecule has 1 aromatic heterocycles. The Bertz CT molecular complexity index is 841. The van der Waals surface area contributed by atoms with Crippen molar-refractivity contribution in [1.29, 1.82) is 0 Å². The van der Waals surface area contributed by atoms with Crippen LogP contribution in [0.25, 0.3) is 11.5 Å². The smallest absolute Gasteiger partial charge is 0.310 e. The van der Waals surface area contributed by atoms with E-state index in [1.165, 1.54) is 5.56 Å². The second kappa shape index (κ2) is 7.08. The molecule has 0 aliphatic heterocycles. The first kappa shape index (κ1) is 15.9. The van der Waals surface area contributed by atoms with Crippen LogP contribution in [0.1, 0.15) is 22.6 Å². The lowest BCUT2D eigenvalue weighted by molar-refractivity contribution is -0.144. The minimum atomic E-state index is -0.322. The number of nitrogens with zero attached hydrogens (tertiary/aromatic N) is 2. The maximum atomic E-state index is 11.9. The highest BCUT2D eigenvalue weighted by atomic mass is 16.5. The van der Waals surface area contributed by atoms with Crippen LogP contribution >= 0.6 is 0 Å². The highest BCUT2D eigenvalue weighted by Gasteiger charge is 2.11. The largest absolute Gasteiger partial charge is 0.455 e. The summed E-state index contributed by atoms with van der Waals surface area (Å²) in [5.74, 6) is 0.371. The number of carbonyl (C=O) groups is 1. The molecule has 2 aromatic carbocycles. The maximum Gasteiger partial charge on any atom is 0.310 e. The highest BCUT2D eigenvalue weighted by Crippen LogP contribution is 2.17. The van der Waals surface area contributed by atoms with E-state index in [2.05, 4.69) is 10.2 Å². The third-order valence-corrected chi connectivity index (χ3v) is 3.76. The Morgan fingerprint density at radius 2 is 1.83 bits per heavy atom. The van der Waals surface area contributed by atoms with Crippen LogP contribution in [0.15, 0.2) is 52.9 Å². The van der Waals surface area contributed by atoms with Crippen molar-refractivity contribution < 1.29 is 13.9 Å². The van der Waals surface area contributed by atoms with Crippen LogP contribution in [0, 0.1) is 13.8 Å². The fraction of sp³-hybridized carbons (Fsp3) is 0.211. The van der Waals surface area contributed by atoms with Gasteiger partial charge < -0.3 is 9.15 Å². The van der Waals surface area contributed by atoms with Crippen molar-refractivity contribution in [2.24, 2.45) is 0 Å². The predicted molar refractivity (Wildman–Crippen MR) is 89.2 cm³/mol. The molecule has 0 bridgehead atoms. The Hall–Kier alpha value is -2.95. The molecule has 0 saturated carbocycles. The van der Waals surface area contributed by atoms with Crippen molar-refractivity contribution >= 4 is 5.97 Å². The summed E-state index contributed by atoms with van der Waals surface area (Å²) in [4.78, 5) is 11.9. The van der Waals surface area contributed by atoms with Gasteiger partial charge in [-0.05, 0) is 42.7 Å². The number of hydrogen-bond donors (Lipinski definition) is 0. The summed E-state index contributed by atoms with van der Waals surface area (Å²) in [7, 11) is 0. The van der Waals surface area contributed by atoms with Crippen LogP contribution in [0.3, 0.4) is 0 Å². The quantitative estimate of drug-likeness (QED) is 0.671. The van der Waals surface area contributed by atoms with Crippen molar-refractivity contribution in [2.75, 3.05) is 0 Å². The number of carbonyl (C=O) groups excluding carboxylic acids is 1. The van der Waals surface area contributed by atoms with Crippen molar-refractivity contribution in [3.05, 3.63) is 71.1 Å². The summed E-state index contributed by atoms with van der Waals surface area (Å²) in [6.07, 6.45) is 0.223. The van der Waals surface area contributed by atoms with E-state index in [1.54, 1.807) is 0 Å². The molecule has 0 unspecified atom stereocenters. The lowest BCUT2D eigenvalue weighted by atomic mass is 10.0. The van der Waals surface area contributed by atoms with Crippen molar-refractivity contribution in [3.8, 4) is 11.5 Å². The Labute approximate surface area is 140 Å². The first-order valence-corrected chi connectivity index (χ1v) is 7.71. The van der Waals surface area contributed by atoms with Crippen molar-refractivity contribution in [2.45, 2.75) is 26.9 Å². The zero-order chi connectivity index (χ0) is 16.9. The Morgan fingerprint density at radius 1 is 1.04 bits per heavy atom. The lowest BCUT2D eigenvalue weighted by Gasteiger charge is -2.05. The van der Waals surface area contributed by atoms with Crippen LogP contribution < -0.4 is 0 Å². The van der Waals surface area contributed by atoms with E-state index >= 15 is 0 Å². The van der Waals surface area contributed by atoms with Crippen molar-refractivity contribution in [1.82, 2.24) is 10.2 Å². The molecule has 0 saturated heterocycles. The van der Waals surface area contributed by atoms with Gasteiger partial charge in [-0.25, -0.2) is 0 Å². The van der Waals surface area contributed by atoms with Crippen LogP contribution in [0.5, 0.6) is 0 Å². The van der Waals surface area contributed by atoms with Gasteiger partial charge in [0, 0.05) is 5.56 Å². The third-order valence-electron chi connectivity index (χ3n) is 3.76. The van der Waals surface area contributed by atoms with Crippen LogP contribution in [0.2, 0.25) is 0 Å². The zero-order valence-corrected chi connectivity index (χ0v) is 13.7. The van der Waals surface area contributed by atoms with Gasteiger partial charge in [-0.3, -0.25) is 4.79 Å². The van der Waals surface area contributed by atoms with E-state index in [9.17, 15) is 4.79 Å². The Balaban J connectivity index is 1.56. The Morgan fingerprint density at radius 3 is 2.58 bits per heavy atom. The molecule has 0 spiro atoms. The molecule has 5 heteroatoms. The van der Waals surface area contributed by atoms with E-state index in [1.807, 2.05) is 62.4 Å². The highest BCUT2D eigenvalue weighted by molar-refractivity contribution is 5.72. The summed E-state index contributed by atoms with van der Waals surface area (Å²) in [5.41, 5.74) is 4.12. The summed E-state index contributed by atoms with van der Waals surface area (Å²) in [6, 6.07) is 15.4. The molecule has 24 heavy (non-hydrogen) atoms. The second-order valence-corrected chi connectivity index (χ2v) is 5.62. The predicted octanol–water partition coefficient (Wildman–Crippen LogP) is 3.64. The van der Waals surface area contributed by atoms with Gasteiger partial charge in [0.05, 0.1) is 6.42 Å². The van der Waals surface area contributed by atoms with Gasteiger partial charge in [-0.1, -0.05) is 36.4 Å². The molecule has 3 rings (SSSR count). The van der Waals surface area contributed by atoms with E-state index < -0.39 is 0 Å². The molecule has 122 valence electrons. The zero-order valence-electron chi connectivity index (χ0n) is 13.7. The molecule has 1 heterocycles. The SMILES string of the molecule is Cc1ccc(CC(=O)OCc2nnc(-c3ccccc3)o2)cc1C. The number of hydrogen-bond acceptors (Lipinski definition) is 5. The summed E-state index contributed by atoms with van der Waals surface area (Å²) in [5, 5.41) is 7.87. The molecule has 0 aliphatic rings. The van der Waals surface area contributed by atoms with Crippen LogP contribution in [0.4, 0.5) is 0 Å². The minimum Gasteiger partial charge on any atom is -0.455 e. The first-order valence-electron chi connectivity index (χ1n) is 7.71. The van der Waals surface area contributed by atoms with E-state index in [0.29, 0.717) is 5.89 Å². The second-order valence-electron chi connectivity index (χ2n) is 5.62. The van der Waals surface area contributed by atoms with Gasteiger partial charge in [0.25, 0.3) is 5.89 Å². The van der Waals surface area contributed by atoms with Gasteiger partial charge in [-0.15, -0.1) is 10.2 Å². The first-order chi connectivity index (χ1) is 11.6. The van der Waals surface area contributed by atoms with Crippen LogP contribution in [-0.4, -0.2) is 16.2 Å². The number of aryl methyl sites for hydroxylation is 2. The number of aromatic nitrogens is 2. The molecule has 0 atom stereocenters. The maximum absolute atomic E-state index is 11.9. The summed E-state index contributed by atoms with van der Waals surface area (Å²) >= 11 is 0. The number of ether oxygens (including phenoxy) is 1. The van der Waals surface area contributed by atoms with Crippen molar-refractivity contribution in [3.63, 3.8) is 0 Å². The number of esters is 1. The average Bonchev–Trinajstić information content (AvgIpc) is 3.06. The molecule has 0 fully saturated rings. The molecule has 3 aromatic rings. The molecule has 0 amide bonds. The fourth-order valence-corrected chi connectivity index (χ4v) is 2.28. The van der Waals surface area contributed by atoms with E-state index in [4.69, 9.17) is 9.15 Å². The fourth-order valence-electron chi connectivity index (χ4n) is 2.28. The molecular weight excluding hydrogens is 304 g/mol. The number of benzene rings is 2. The van der Waals surface area contributed by atoms with E-state index in [-0.39, 0.29) is 24.9 Å². The molecular formula is C19H18N2O3. The van der Waals surface area contributed by atoms with Gasteiger partial charge in [0.2, 0.25) is 5.89 Å². The van der Waals surface area contributed by atoms with Gasteiger partial charge in [0.15, 0.2) is 6.61 Å². The van der Waals surface area contributed by atoms with Gasteiger partial charge in [0.1, 0.15) is 0 Å². The van der Waals surface area contributed by atoms with Crippen LogP contribution in [-0.2, 0) is 22.6 Å². The van der Waals surface area contributed by atoms with E-state index in [0.717, 1.165) is 16.7 Å². The molecule has 5 nitrogen and oxygen atoms in total. The average molecular weight is 322 g/mol. The third kappa shape index (κ3) is 3.87. The Kier molecular flexibility index (Phi) is 4.70. The topological polar surface area (TPSA) is 65.2 Å². The minimum absolute atomic E-state index is 0.0243. The molecule has 0 radical (unpaired) electrons. The lowest BCUT2D eigenvalue weighted by Crippen LogP contribution is -2.08. The normalized spacial score (nSPS) is 10.6. The standard InChI is InChI=1S/C19H18N2O3/c1-13-8-9-15(10-14(13)2)11-18(22)23-12-17-20-21-19(24-17)16-6-4-3-5-7-16/h3-10H,11-12H2,1-2H3. The van der Waals surface area contributed by atoms with Gasteiger partial charge in [-0.2, -0.15) is 0 Å².